The minimum Gasteiger partial charge on any atom is -0.495 e. The monoisotopic (exact) mass is 486 g/mol. The number of nitrogens with one attached hydrogen (secondary N) is 2. The van der Waals surface area contributed by atoms with Crippen molar-refractivity contribution in [1.29, 1.82) is 0 Å². The molecule has 2 aliphatic heterocycles. The fourth-order valence-corrected chi connectivity index (χ4v) is 5.85. The molecule has 8 nitrogen and oxygen atoms in total. The molecule has 9 heteroatoms. The highest BCUT2D eigenvalue weighted by Crippen LogP contribution is 2.32. The van der Waals surface area contributed by atoms with Gasteiger partial charge in [-0.3, -0.25) is 4.79 Å². The number of amides is 1. The summed E-state index contributed by atoms with van der Waals surface area (Å²) in [6.07, 6.45) is 3.63. The maximum absolute atomic E-state index is 13.2. The number of hydrazine groups is 1. The van der Waals surface area contributed by atoms with E-state index in [1.807, 2.05) is 17.0 Å². The standard InChI is InChI=1S/C25H34N4O4S/c1-28(2)34(31,32)24-16-20(9-10-23(24)33-3)21-17-22(27-26-21)25(30)29-13-11-19(12-14-29)15-18-7-5-4-6-8-18/h4-10,16,19,21-22,26-27H,11-15,17H2,1-3H3. The van der Waals surface area contributed by atoms with E-state index in [2.05, 4.69) is 35.1 Å². The molecule has 0 saturated carbocycles. The summed E-state index contributed by atoms with van der Waals surface area (Å²) in [4.78, 5) is 15.2. The Hall–Kier alpha value is -2.46. The first-order chi connectivity index (χ1) is 16.3. The van der Waals surface area contributed by atoms with Crippen LogP contribution in [0.5, 0.6) is 5.75 Å². The second-order valence-electron chi connectivity index (χ2n) is 9.29. The number of ether oxygens (including phenoxy) is 1. The molecule has 34 heavy (non-hydrogen) atoms. The zero-order chi connectivity index (χ0) is 24.3. The molecule has 2 N–H and O–H groups in total. The number of nitrogens with zero attached hydrogens (tertiary/aromatic N) is 2. The molecule has 2 aliphatic rings. The van der Waals surface area contributed by atoms with E-state index < -0.39 is 10.0 Å². The van der Waals surface area contributed by atoms with Gasteiger partial charge in [-0.2, -0.15) is 0 Å². The van der Waals surface area contributed by atoms with Gasteiger partial charge in [-0.25, -0.2) is 23.6 Å². The molecule has 184 valence electrons. The van der Waals surface area contributed by atoms with E-state index in [9.17, 15) is 13.2 Å². The van der Waals surface area contributed by atoms with Gasteiger partial charge in [-0.05, 0) is 54.9 Å². The molecule has 2 heterocycles. The van der Waals surface area contributed by atoms with Crippen molar-refractivity contribution in [2.24, 2.45) is 5.92 Å². The van der Waals surface area contributed by atoms with Gasteiger partial charge in [0, 0.05) is 33.2 Å². The fraction of sp³-hybridized carbons (Fsp3) is 0.480. The lowest BCUT2D eigenvalue weighted by Gasteiger charge is -2.33. The van der Waals surface area contributed by atoms with Crippen LogP contribution in [0, 0.1) is 5.92 Å². The van der Waals surface area contributed by atoms with Crippen molar-refractivity contribution >= 4 is 15.9 Å². The molecule has 0 spiro atoms. The van der Waals surface area contributed by atoms with E-state index in [4.69, 9.17) is 4.74 Å². The van der Waals surface area contributed by atoms with Crippen molar-refractivity contribution in [2.75, 3.05) is 34.3 Å². The summed E-state index contributed by atoms with van der Waals surface area (Å²) < 4.78 is 31.9. The third kappa shape index (κ3) is 5.27. The number of hydrogen-bond acceptors (Lipinski definition) is 6. The van der Waals surface area contributed by atoms with Crippen LogP contribution in [0.25, 0.3) is 0 Å². The lowest BCUT2D eigenvalue weighted by Crippen LogP contribution is -2.48. The second kappa shape index (κ2) is 10.4. The Balaban J connectivity index is 1.37. The molecule has 2 fully saturated rings. The minimum atomic E-state index is -3.66. The van der Waals surface area contributed by atoms with Gasteiger partial charge in [-0.15, -0.1) is 0 Å². The van der Waals surface area contributed by atoms with E-state index >= 15 is 0 Å². The Bertz CT molecular complexity index is 1100. The van der Waals surface area contributed by atoms with Crippen LogP contribution in [0.3, 0.4) is 0 Å². The van der Waals surface area contributed by atoms with Crippen molar-refractivity contribution in [2.45, 2.75) is 42.7 Å². The van der Waals surface area contributed by atoms with Gasteiger partial charge in [0.25, 0.3) is 0 Å². The van der Waals surface area contributed by atoms with E-state index in [1.54, 1.807) is 12.1 Å². The highest BCUT2D eigenvalue weighted by Gasteiger charge is 2.35. The molecule has 0 aromatic heterocycles. The van der Waals surface area contributed by atoms with Crippen LogP contribution in [0.1, 0.15) is 36.4 Å². The first-order valence-electron chi connectivity index (χ1n) is 11.7. The van der Waals surface area contributed by atoms with Crippen molar-refractivity contribution in [3.8, 4) is 5.75 Å². The van der Waals surface area contributed by atoms with Crippen molar-refractivity contribution < 1.29 is 17.9 Å². The molecular weight excluding hydrogens is 452 g/mol. The topological polar surface area (TPSA) is 91.0 Å². The van der Waals surface area contributed by atoms with Crippen LogP contribution in [0.4, 0.5) is 0 Å². The summed E-state index contributed by atoms with van der Waals surface area (Å²) >= 11 is 0. The van der Waals surface area contributed by atoms with E-state index in [1.165, 1.54) is 31.1 Å². The predicted octanol–water partition coefficient (Wildman–Crippen LogP) is 2.33. The number of sulfonamides is 1. The van der Waals surface area contributed by atoms with E-state index in [0.29, 0.717) is 18.1 Å². The van der Waals surface area contributed by atoms with Crippen LogP contribution in [0.15, 0.2) is 53.4 Å². The number of benzene rings is 2. The van der Waals surface area contributed by atoms with Gasteiger partial charge < -0.3 is 9.64 Å². The van der Waals surface area contributed by atoms with E-state index in [0.717, 1.165) is 37.9 Å². The number of piperidine rings is 1. The molecular formula is C25H34N4O4S. The SMILES string of the molecule is COc1ccc(C2CC(C(=O)N3CCC(Cc4ccccc4)CC3)NN2)cc1S(=O)(=O)N(C)C. The third-order valence-electron chi connectivity index (χ3n) is 6.84. The zero-order valence-electron chi connectivity index (χ0n) is 20.0. The van der Waals surface area contributed by atoms with Crippen LogP contribution in [0.2, 0.25) is 0 Å². The van der Waals surface area contributed by atoms with Crippen molar-refractivity contribution in [1.82, 2.24) is 20.1 Å². The summed E-state index contributed by atoms with van der Waals surface area (Å²) in [5, 5.41) is 0. The van der Waals surface area contributed by atoms with Gasteiger partial charge in [0.15, 0.2) is 0 Å². The second-order valence-corrected chi connectivity index (χ2v) is 11.4. The molecule has 2 aromatic carbocycles. The van der Waals surface area contributed by atoms with Crippen molar-refractivity contribution in [3.05, 3.63) is 59.7 Å². The molecule has 1 amide bonds. The molecule has 2 unspecified atom stereocenters. The van der Waals surface area contributed by atoms with Gasteiger partial charge in [0.1, 0.15) is 16.7 Å². The first-order valence-corrected chi connectivity index (χ1v) is 13.2. The largest absolute Gasteiger partial charge is 0.495 e. The molecule has 2 saturated heterocycles. The zero-order valence-corrected chi connectivity index (χ0v) is 20.8. The first kappa shape index (κ1) is 24.7. The molecule has 4 rings (SSSR count). The average Bonchev–Trinajstić information content (AvgIpc) is 3.34. The number of likely N-dealkylation sites (tertiary alicyclic amines) is 1. The number of hydrogen-bond donors (Lipinski definition) is 2. The van der Waals surface area contributed by atoms with Crippen LogP contribution in [-0.2, 0) is 21.2 Å². The Labute approximate surface area is 202 Å². The summed E-state index contributed by atoms with van der Waals surface area (Å²) in [5.41, 5.74) is 8.46. The maximum Gasteiger partial charge on any atom is 0.246 e. The summed E-state index contributed by atoms with van der Waals surface area (Å²) in [6, 6.07) is 15.1. The quantitative estimate of drug-likeness (QED) is 0.624. The number of methoxy groups -OCH3 is 1. The summed E-state index contributed by atoms with van der Waals surface area (Å²) in [5.74, 6) is 1.00. The molecule has 0 radical (unpaired) electrons. The third-order valence-corrected chi connectivity index (χ3v) is 8.68. The van der Waals surface area contributed by atoms with E-state index in [-0.39, 0.29) is 22.9 Å². The van der Waals surface area contributed by atoms with Crippen molar-refractivity contribution in [3.63, 3.8) is 0 Å². The Kier molecular flexibility index (Phi) is 7.57. The van der Waals surface area contributed by atoms with Gasteiger partial charge in [0.2, 0.25) is 15.9 Å². The lowest BCUT2D eigenvalue weighted by molar-refractivity contribution is -0.134. The molecule has 2 aromatic rings. The average molecular weight is 487 g/mol. The van der Waals surface area contributed by atoms with Gasteiger partial charge in [0.05, 0.1) is 7.11 Å². The smallest absolute Gasteiger partial charge is 0.246 e. The molecule has 0 aliphatic carbocycles. The van der Waals surface area contributed by atoms with Crippen LogP contribution in [-0.4, -0.2) is 63.9 Å². The maximum atomic E-state index is 13.2. The highest BCUT2D eigenvalue weighted by atomic mass is 32.2. The number of carbonyl (C=O) groups is 1. The Morgan fingerprint density at radius 1 is 1.09 bits per heavy atom. The Morgan fingerprint density at radius 3 is 2.44 bits per heavy atom. The number of carbonyl (C=O) groups excluding carboxylic acids is 1. The Morgan fingerprint density at radius 2 is 1.79 bits per heavy atom. The van der Waals surface area contributed by atoms with Gasteiger partial charge >= 0.3 is 0 Å². The normalized spacial score (nSPS) is 21.7. The highest BCUT2D eigenvalue weighted by molar-refractivity contribution is 7.89. The summed E-state index contributed by atoms with van der Waals surface area (Å²) in [7, 11) is 0.783. The predicted molar refractivity (Wildman–Crippen MR) is 131 cm³/mol. The summed E-state index contributed by atoms with van der Waals surface area (Å²) in [6.45, 7) is 1.54. The minimum absolute atomic E-state index is 0.0998. The van der Waals surface area contributed by atoms with Crippen LogP contribution < -0.4 is 15.6 Å². The number of rotatable bonds is 7. The van der Waals surface area contributed by atoms with Gasteiger partial charge in [-0.1, -0.05) is 36.4 Å². The molecule has 2 atom stereocenters. The fourth-order valence-electron chi connectivity index (χ4n) is 4.77. The van der Waals surface area contributed by atoms with Crippen LogP contribution >= 0.6 is 0 Å². The molecule has 0 bridgehead atoms. The lowest BCUT2D eigenvalue weighted by atomic mass is 9.90.